The molecule has 0 aromatic rings. The minimum absolute atomic E-state index is 0.0168. The second-order valence-corrected chi connectivity index (χ2v) is 9.38. The molecular weight excluding hydrogens is 356 g/mol. The molecule has 2 aliphatic rings. The zero-order valence-electron chi connectivity index (χ0n) is 18.6. The largest absolute Gasteiger partial charge is 0.393 e. The van der Waals surface area contributed by atoms with Crippen LogP contribution in [0.3, 0.4) is 0 Å². The highest BCUT2D eigenvalue weighted by atomic mass is 16.7. The first-order chi connectivity index (χ1) is 13.1. The van der Waals surface area contributed by atoms with Gasteiger partial charge in [0.15, 0.2) is 11.6 Å². The third-order valence-corrected chi connectivity index (χ3v) is 5.48. The van der Waals surface area contributed by atoms with E-state index >= 15 is 0 Å². The highest BCUT2D eigenvalue weighted by molar-refractivity contribution is 4.85. The molecule has 2 fully saturated rings. The lowest BCUT2D eigenvalue weighted by Crippen LogP contribution is -2.49. The van der Waals surface area contributed by atoms with Crippen molar-refractivity contribution in [2.24, 2.45) is 0 Å². The molecule has 5 heteroatoms. The maximum Gasteiger partial charge on any atom is 0.163 e. The van der Waals surface area contributed by atoms with Crippen molar-refractivity contribution in [2.45, 2.75) is 135 Å². The number of unbranched alkanes of at least 4 members (excludes halogenated alkanes) is 2. The summed E-state index contributed by atoms with van der Waals surface area (Å²) in [6.07, 6.45) is 10.2. The molecule has 2 aliphatic heterocycles. The van der Waals surface area contributed by atoms with Crippen LogP contribution >= 0.6 is 0 Å². The monoisotopic (exact) mass is 398 g/mol. The van der Waals surface area contributed by atoms with Gasteiger partial charge in [0.05, 0.1) is 30.5 Å². The quantitative estimate of drug-likeness (QED) is 0.410. The lowest BCUT2D eigenvalue weighted by Gasteiger charge is -2.45. The van der Waals surface area contributed by atoms with Gasteiger partial charge in [-0.05, 0) is 40.5 Å². The molecule has 0 bridgehead atoms. The van der Waals surface area contributed by atoms with Gasteiger partial charge in [0.2, 0.25) is 0 Å². The summed E-state index contributed by atoms with van der Waals surface area (Å²) in [4.78, 5) is 0. The first-order valence-electron chi connectivity index (χ1n) is 11.1. The molecular formula is C23H42O5. The summed E-state index contributed by atoms with van der Waals surface area (Å²) in [6.45, 7) is 13.9. The van der Waals surface area contributed by atoms with Crippen LogP contribution in [0.2, 0.25) is 0 Å². The summed E-state index contributed by atoms with van der Waals surface area (Å²) in [5.74, 6) is -1.21. The van der Waals surface area contributed by atoms with Crippen LogP contribution in [0.4, 0.5) is 0 Å². The molecule has 5 atom stereocenters. The standard InChI is InChI=1S/C23H42O5/c1-7-9-10-12-18-14-20(27-22(3,4)25-18)16-21-15-19(13-17(24)11-8-2)26-23(5,6)28-21/h8,17-21,24H,2,7,9-16H2,1,3-6H3/t17-,18+,19-,20+,21-/m0/s1. The molecule has 0 aromatic heterocycles. The van der Waals surface area contributed by atoms with Crippen molar-refractivity contribution in [2.75, 3.05) is 0 Å². The fourth-order valence-corrected chi connectivity index (χ4v) is 4.56. The van der Waals surface area contributed by atoms with E-state index in [1.807, 2.05) is 27.7 Å². The summed E-state index contributed by atoms with van der Waals surface area (Å²) in [7, 11) is 0. The van der Waals surface area contributed by atoms with Crippen LogP contribution in [-0.4, -0.2) is 47.2 Å². The molecule has 0 spiro atoms. The Labute approximate surface area is 171 Å². The molecule has 0 aliphatic carbocycles. The van der Waals surface area contributed by atoms with Gasteiger partial charge in [-0.2, -0.15) is 0 Å². The van der Waals surface area contributed by atoms with Crippen LogP contribution in [0, 0.1) is 0 Å². The topological polar surface area (TPSA) is 57.2 Å². The Morgan fingerprint density at radius 1 is 0.929 bits per heavy atom. The molecule has 0 amide bonds. The highest BCUT2D eigenvalue weighted by Crippen LogP contribution is 2.36. The van der Waals surface area contributed by atoms with E-state index in [4.69, 9.17) is 18.9 Å². The zero-order valence-corrected chi connectivity index (χ0v) is 18.6. The van der Waals surface area contributed by atoms with E-state index in [0.29, 0.717) is 12.8 Å². The van der Waals surface area contributed by atoms with Gasteiger partial charge in [-0.25, -0.2) is 0 Å². The molecule has 2 saturated heterocycles. The van der Waals surface area contributed by atoms with Crippen LogP contribution in [0.1, 0.15) is 92.4 Å². The lowest BCUT2D eigenvalue weighted by molar-refractivity contribution is -0.326. The van der Waals surface area contributed by atoms with E-state index in [1.54, 1.807) is 6.08 Å². The number of rotatable bonds is 10. The Morgan fingerprint density at radius 3 is 2.04 bits per heavy atom. The summed E-state index contributed by atoms with van der Waals surface area (Å²) in [6, 6.07) is 0. The Morgan fingerprint density at radius 2 is 1.46 bits per heavy atom. The number of ether oxygens (including phenoxy) is 4. The molecule has 0 aromatic carbocycles. The van der Waals surface area contributed by atoms with Gasteiger partial charge in [0, 0.05) is 25.7 Å². The van der Waals surface area contributed by atoms with Gasteiger partial charge in [-0.1, -0.05) is 32.3 Å². The Hall–Kier alpha value is -0.460. The third-order valence-electron chi connectivity index (χ3n) is 5.48. The van der Waals surface area contributed by atoms with E-state index in [2.05, 4.69) is 13.5 Å². The Kier molecular flexibility index (Phi) is 8.96. The predicted octanol–water partition coefficient (Wildman–Crippen LogP) is 5.10. The van der Waals surface area contributed by atoms with Gasteiger partial charge in [0.25, 0.3) is 0 Å². The van der Waals surface area contributed by atoms with Crippen molar-refractivity contribution in [3.63, 3.8) is 0 Å². The minimum Gasteiger partial charge on any atom is -0.393 e. The first kappa shape index (κ1) is 23.8. The average Bonchev–Trinajstić information content (AvgIpc) is 2.52. The molecule has 164 valence electrons. The van der Waals surface area contributed by atoms with Crippen molar-refractivity contribution >= 4 is 0 Å². The maximum absolute atomic E-state index is 10.2. The number of hydrogen-bond acceptors (Lipinski definition) is 5. The molecule has 2 rings (SSSR count). The van der Waals surface area contributed by atoms with Crippen molar-refractivity contribution in [1.82, 2.24) is 0 Å². The molecule has 2 heterocycles. The number of aliphatic hydroxyl groups excluding tert-OH is 1. The van der Waals surface area contributed by atoms with Crippen LogP contribution in [0.25, 0.3) is 0 Å². The van der Waals surface area contributed by atoms with Crippen molar-refractivity contribution in [3.05, 3.63) is 12.7 Å². The van der Waals surface area contributed by atoms with Crippen LogP contribution < -0.4 is 0 Å². The van der Waals surface area contributed by atoms with E-state index in [0.717, 1.165) is 25.7 Å². The Balaban J connectivity index is 1.94. The second-order valence-electron chi connectivity index (χ2n) is 9.38. The maximum atomic E-state index is 10.2. The van der Waals surface area contributed by atoms with Crippen molar-refractivity contribution in [1.29, 1.82) is 0 Å². The summed E-state index contributed by atoms with van der Waals surface area (Å²) >= 11 is 0. The lowest BCUT2D eigenvalue weighted by atomic mass is 9.94. The fourth-order valence-electron chi connectivity index (χ4n) is 4.56. The third kappa shape index (κ3) is 8.11. The van der Waals surface area contributed by atoms with Gasteiger partial charge in [0.1, 0.15) is 0 Å². The Bertz CT molecular complexity index is 476. The van der Waals surface area contributed by atoms with Crippen LogP contribution in [0.15, 0.2) is 12.7 Å². The van der Waals surface area contributed by atoms with Crippen molar-refractivity contribution in [3.8, 4) is 0 Å². The minimum atomic E-state index is -0.650. The molecule has 28 heavy (non-hydrogen) atoms. The predicted molar refractivity (Wildman–Crippen MR) is 111 cm³/mol. The fraction of sp³-hybridized carbons (Fsp3) is 0.913. The van der Waals surface area contributed by atoms with E-state index in [9.17, 15) is 5.11 Å². The summed E-state index contributed by atoms with van der Waals surface area (Å²) in [5, 5.41) is 10.2. The zero-order chi connectivity index (χ0) is 20.8. The van der Waals surface area contributed by atoms with E-state index in [1.165, 1.54) is 19.3 Å². The highest BCUT2D eigenvalue weighted by Gasteiger charge is 2.40. The first-order valence-corrected chi connectivity index (χ1v) is 11.1. The average molecular weight is 399 g/mol. The molecule has 1 N–H and O–H groups in total. The van der Waals surface area contributed by atoms with Gasteiger partial charge in [-0.15, -0.1) is 6.58 Å². The number of hydrogen-bond donors (Lipinski definition) is 1. The van der Waals surface area contributed by atoms with Crippen LogP contribution in [-0.2, 0) is 18.9 Å². The molecule has 5 nitrogen and oxygen atoms in total. The van der Waals surface area contributed by atoms with E-state index < -0.39 is 17.7 Å². The second kappa shape index (κ2) is 10.5. The number of aliphatic hydroxyl groups is 1. The van der Waals surface area contributed by atoms with Gasteiger partial charge < -0.3 is 24.1 Å². The normalized spacial score (nSPS) is 33.4. The van der Waals surface area contributed by atoms with E-state index in [-0.39, 0.29) is 24.4 Å². The molecule has 0 radical (unpaired) electrons. The molecule has 0 unspecified atom stereocenters. The van der Waals surface area contributed by atoms with Gasteiger partial charge in [-0.3, -0.25) is 0 Å². The summed E-state index contributed by atoms with van der Waals surface area (Å²) in [5.41, 5.74) is 0. The van der Waals surface area contributed by atoms with Crippen LogP contribution in [0.5, 0.6) is 0 Å². The van der Waals surface area contributed by atoms with Crippen molar-refractivity contribution < 1.29 is 24.1 Å². The smallest absolute Gasteiger partial charge is 0.163 e. The molecule has 0 saturated carbocycles. The van der Waals surface area contributed by atoms with Gasteiger partial charge >= 0.3 is 0 Å². The summed E-state index contributed by atoms with van der Waals surface area (Å²) < 4.78 is 24.6. The SMILES string of the molecule is C=CC[C@H](O)C[C@H]1C[C@@H](C[C@H]2C[C@@H](CCCCC)OC(C)(C)O2)OC(C)(C)O1.